The minimum atomic E-state index is 0.617. The minimum absolute atomic E-state index is 0.617. The van der Waals surface area contributed by atoms with Gasteiger partial charge in [0.2, 0.25) is 0 Å². The van der Waals surface area contributed by atoms with Gasteiger partial charge in [-0.25, -0.2) is 0 Å². The van der Waals surface area contributed by atoms with E-state index in [2.05, 4.69) is 11.9 Å². The Kier molecular flexibility index (Phi) is 13.3. The maximum atomic E-state index is 5.42. The van der Waals surface area contributed by atoms with Crippen LogP contribution < -0.4 is 0 Å². The van der Waals surface area contributed by atoms with E-state index in [0.29, 0.717) is 39.6 Å². The van der Waals surface area contributed by atoms with E-state index >= 15 is 0 Å². The van der Waals surface area contributed by atoms with Crippen molar-refractivity contribution in [1.29, 1.82) is 0 Å². The van der Waals surface area contributed by atoms with Crippen LogP contribution in [0.2, 0.25) is 0 Å². The zero-order valence-corrected chi connectivity index (χ0v) is 13.0. The maximum Gasteiger partial charge on any atom is 0.0953 e. The van der Waals surface area contributed by atoms with Crippen LogP contribution in [0.25, 0.3) is 0 Å². The number of amidine groups is 1. The standard InChI is InChI=1S/C14H30N2O3/c1-5-6-8-17-10-12-19-13-11-18-9-7-15-14(2)16(3)4/h5-13H2,1-4H3. The topological polar surface area (TPSA) is 43.3 Å². The monoisotopic (exact) mass is 274 g/mol. The van der Waals surface area contributed by atoms with Crippen LogP contribution in [0, 0.1) is 0 Å². The molecule has 0 aromatic rings. The first-order valence-electron chi connectivity index (χ1n) is 7.10. The van der Waals surface area contributed by atoms with Crippen LogP contribution in [0.4, 0.5) is 0 Å². The van der Waals surface area contributed by atoms with Gasteiger partial charge in [-0.3, -0.25) is 4.99 Å². The third kappa shape index (κ3) is 13.6. The normalized spacial score (nSPS) is 11.9. The van der Waals surface area contributed by atoms with Crippen molar-refractivity contribution < 1.29 is 14.2 Å². The molecule has 0 fully saturated rings. The molecule has 0 aromatic heterocycles. The van der Waals surface area contributed by atoms with Gasteiger partial charge in [0.25, 0.3) is 0 Å². The lowest BCUT2D eigenvalue weighted by Crippen LogP contribution is -2.19. The number of hydrogen-bond donors (Lipinski definition) is 0. The second-order valence-corrected chi connectivity index (χ2v) is 4.51. The molecule has 0 radical (unpaired) electrons. The lowest BCUT2D eigenvalue weighted by Gasteiger charge is -2.11. The molecule has 5 heteroatoms. The van der Waals surface area contributed by atoms with Gasteiger partial charge < -0.3 is 19.1 Å². The fourth-order valence-corrected chi connectivity index (χ4v) is 1.20. The van der Waals surface area contributed by atoms with Crippen LogP contribution in [0.1, 0.15) is 26.7 Å². The van der Waals surface area contributed by atoms with Crippen molar-refractivity contribution in [3.05, 3.63) is 0 Å². The van der Waals surface area contributed by atoms with Crippen LogP contribution in [0.5, 0.6) is 0 Å². The summed E-state index contributed by atoms with van der Waals surface area (Å²) in [5.74, 6) is 1.02. The van der Waals surface area contributed by atoms with Gasteiger partial charge in [0.05, 0.1) is 45.4 Å². The second-order valence-electron chi connectivity index (χ2n) is 4.51. The summed E-state index contributed by atoms with van der Waals surface area (Å²) < 4.78 is 16.2. The molecule has 0 aromatic carbocycles. The highest BCUT2D eigenvalue weighted by Crippen LogP contribution is 1.88. The Balaban J connectivity index is 3.13. The first-order chi connectivity index (χ1) is 9.18. The third-order valence-electron chi connectivity index (χ3n) is 2.61. The Labute approximate surface area is 117 Å². The SMILES string of the molecule is CCCCOCCOCCOCCN=C(C)N(C)C. The van der Waals surface area contributed by atoms with Crippen LogP contribution in [-0.4, -0.2) is 71.0 Å². The average molecular weight is 274 g/mol. The fourth-order valence-electron chi connectivity index (χ4n) is 1.20. The Bertz CT molecular complexity index is 221. The molecule has 0 aliphatic carbocycles. The number of nitrogens with zero attached hydrogens (tertiary/aromatic N) is 2. The van der Waals surface area contributed by atoms with Gasteiger partial charge in [-0.15, -0.1) is 0 Å². The van der Waals surface area contributed by atoms with E-state index in [0.717, 1.165) is 18.9 Å². The van der Waals surface area contributed by atoms with Crippen molar-refractivity contribution in [2.24, 2.45) is 4.99 Å². The highest BCUT2D eigenvalue weighted by molar-refractivity contribution is 5.79. The van der Waals surface area contributed by atoms with Crippen LogP contribution in [-0.2, 0) is 14.2 Å². The van der Waals surface area contributed by atoms with Crippen LogP contribution in [0.3, 0.4) is 0 Å². The molecule has 0 aliphatic heterocycles. The molecule has 0 saturated heterocycles. The van der Waals surface area contributed by atoms with Crippen molar-refractivity contribution in [1.82, 2.24) is 4.90 Å². The molecule has 114 valence electrons. The van der Waals surface area contributed by atoms with Gasteiger partial charge in [0, 0.05) is 20.7 Å². The molecule has 0 rings (SSSR count). The zero-order chi connectivity index (χ0) is 14.3. The van der Waals surface area contributed by atoms with E-state index in [1.165, 1.54) is 6.42 Å². The molecule has 0 N–H and O–H groups in total. The van der Waals surface area contributed by atoms with Crippen molar-refractivity contribution in [3.8, 4) is 0 Å². The summed E-state index contributed by atoms with van der Waals surface area (Å²) in [6.07, 6.45) is 2.29. The molecule has 0 unspecified atom stereocenters. The van der Waals surface area contributed by atoms with Gasteiger partial charge in [-0.1, -0.05) is 13.3 Å². The van der Waals surface area contributed by atoms with Gasteiger partial charge >= 0.3 is 0 Å². The van der Waals surface area contributed by atoms with Crippen molar-refractivity contribution in [2.45, 2.75) is 26.7 Å². The molecular weight excluding hydrogens is 244 g/mol. The lowest BCUT2D eigenvalue weighted by atomic mass is 10.4. The van der Waals surface area contributed by atoms with Crippen LogP contribution >= 0.6 is 0 Å². The van der Waals surface area contributed by atoms with Gasteiger partial charge in [0.15, 0.2) is 0 Å². The summed E-state index contributed by atoms with van der Waals surface area (Å²) in [5.41, 5.74) is 0. The van der Waals surface area contributed by atoms with E-state index < -0.39 is 0 Å². The quantitative estimate of drug-likeness (QED) is 0.309. The van der Waals surface area contributed by atoms with Crippen molar-refractivity contribution >= 4 is 5.84 Å². The Morgan fingerprint density at radius 3 is 1.95 bits per heavy atom. The first kappa shape index (κ1) is 18.4. The lowest BCUT2D eigenvalue weighted by molar-refractivity contribution is 0.0155. The first-order valence-corrected chi connectivity index (χ1v) is 7.10. The molecule has 0 bridgehead atoms. The molecule has 5 nitrogen and oxygen atoms in total. The fraction of sp³-hybridized carbons (Fsp3) is 0.929. The third-order valence-corrected chi connectivity index (χ3v) is 2.61. The van der Waals surface area contributed by atoms with E-state index in [1.54, 1.807) is 0 Å². The smallest absolute Gasteiger partial charge is 0.0953 e. The van der Waals surface area contributed by atoms with E-state index in [1.807, 2.05) is 25.9 Å². The Morgan fingerprint density at radius 1 is 0.895 bits per heavy atom. The molecule has 0 spiro atoms. The molecule has 0 heterocycles. The average Bonchev–Trinajstić information content (AvgIpc) is 2.39. The number of rotatable bonds is 12. The van der Waals surface area contributed by atoms with Crippen LogP contribution in [0.15, 0.2) is 4.99 Å². The summed E-state index contributed by atoms with van der Waals surface area (Å²) in [7, 11) is 3.96. The van der Waals surface area contributed by atoms with E-state index in [9.17, 15) is 0 Å². The second kappa shape index (κ2) is 13.8. The summed E-state index contributed by atoms with van der Waals surface area (Å²) in [4.78, 5) is 6.34. The predicted molar refractivity (Wildman–Crippen MR) is 79.0 cm³/mol. The number of ether oxygens (including phenoxy) is 3. The summed E-state index contributed by atoms with van der Waals surface area (Å²) in [5, 5.41) is 0. The maximum absolute atomic E-state index is 5.42. The minimum Gasteiger partial charge on any atom is -0.379 e. The van der Waals surface area contributed by atoms with Gasteiger partial charge in [0.1, 0.15) is 0 Å². The Hall–Kier alpha value is -0.650. The zero-order valence-electron chi connectivity index (χ0n) is 13.0. The number of hydrogen-bond acceptors (Lipinski definition) is 4. The van der Waals surface area contributed by atoms with E-state index in [4.69, 9.17) is 14.2 Å². The largest absolute Gasteiger partial charge is 0.379 e. The van der Waals surface area contributed by atoms with E-state index in [-0.39, 0.29) is 0 Å². The van der Waals surface area contributed by atoms with Crippen molar-refractivity contribution in [3.63, 3.8) is 0 Å². The Morgan fingerprint density at radius 2 is 1.42 bits per heavy atom. The molecule has 19 heavy (non-hydrogen) atoms. The molecule has 0 amide bonds. The number of aliphatic imine (C=N–C) groups is 1. The molecule has 0 atom stereocenters. The summed E-state index contributed by atoms with van der Waals surface area (Å²) >= 11 is 0. The number of unbranched alkanes of at least 4 members (excludes halogenated alkanes) is 1. The molecular formula is C14H30N2O3. The summed E-state index contributed by atoms with van der Waals surface area (Å²) in [6.45, 7) is 8.87. The van der Waals surface area contributed by atoms with Gasteiger partial charge in [-0.2, -0.15) is 0 Å². The highest BCUT2D eigenvalue weighted by atomic mass is 16.5. The van der Waals surface area contributed by atoms with Gasteiger partial charge in [-0.05, 0) is 13.3 Å². The predicted octanol–water partition coefficient (Wildman–Crippen LogP) is 1.82. The summed E-state index contributed by atoms with van der Waals surface area (Å²) in [6, 6.07) is 0. The molecule has 0 saturated carbocycles. The highest BCUT2D eigenvalue weighted by Gasteiger charge is 1.93. The van der Waals surface area contributed by atoms with Crippen molar-refractivity contribution in [2.75, 3.05) is 60.3 Å². The molecule has 0 aliphatic rings.